The first-order valence-corrected chi connectivity index (χ1v) is 25.8. The predicted octanol–water partition coefficient (Wildman–Crippen LogP) is 15.7. The average Bonchev–Trinajstić information content (AvgIpc) is 3.29. The molecule has 6 nitrogen and oxygen atoms in total. The van der Waals surface area contributed by atoms with Gasteiger partial charge in [0.2, 0.25) is 5.91 Å². The first-order valence-electron chi connectivity index (χ1n) is 25.8. The molecule has 0 aromatic heterocycles. The first-order chi connectivity index (χ1) is 31.5. The van der Waals surface area contributed by atoms with Crippen LogP contribution in [0.5, 0.6) is 0 Å². The molecule has 0 saturated heterocycles. The Morgan fingerprint density at radius 2 is 0.953 bits per heavy atom. The van der Waals surface area contributed by atoms with Crippen molar-refractivity contribution in [2.45, 2.75) is 225 Å². The van der Waals surface area contributed by atoms with Crippen molar-refractivity contribution >= 4 is 11.9 Å². The van der Waals surface area contributed by atoms with Gasteiger partial charge in [0.1, 0.15) is 6.10 Å². The molecule has 6 heteroatoms. The zero-order valence-electron chi connectivity index (χ0n) is 41.1. The van der Waals surface area contributed by atoms with Gasteiger partial charge in [0, 0.05) is 12.8 Å². The van der Waals surface area contributed by atoms with Crippen LogP contribution in [0.2, 0.25) is 0 Å². The van der Waals surface area contributed by atoms with Gasteiger partial charge in [0.25, 0.3) is 0 Å². The van der Waals surface area contributed by atoms with E-state index in [1.54, 1.807) is 0 Å². The van der Waals surface area contributed by atoms with Crippen molar-refractivity contribution in [3.8, 4) is 0 Å². The maximum Gasteiger partial charge on any atom is 0.306 e. The minimum atomic E-state index is -0.824. The van der Waals surface area contributed by atoms with Crippen LogP contribution in [0, 0.1) is 0 Å². The fraction of sp³-hybridized carbons (Fsp3) is 0.621. The highest BCUT2D eigenvalue weighted by molar-refractivity contribution is 5.77. The average molecular weight is 886 g/mol. The van der Waals surface area contributed by atoms with Crippen LogP contribution in [0.15, 0.2) is 122 Å². The number of amides is 1. The van der Waals surface area contributed by atoms with E-state index in [1.807, 2.05) is 36.5 Å². The standard InChI is InChI=1S/C58H95NO5/c1-4-7-10-13-16-19-22-25-27-28-29-31-33-36-39-42-45-48-51-58(63)64-54(49-46-43-40-37-34-32-30-26-23-20-17-14-11-8-5-2)52-57(62)59-55(53-60)56(61)50-47-44-41-38-35-24-21-18-15-12-9-6-3/h8,10-11,13,16-17,19-20,22,25-31,34,37,43,46,54-56,60-61H,4-7,9,12,14-15,18,21,23-24,32-33,35-36,38-42,44-45,47-53H2,1-3H3,(H,59,62)/b11-8-,13-10+,19-16+,20-17-,25-22+,28-27+,30-26-,31-29+,37-34-,46-43-. The van der Waals surface area contributed by atoms with Crippen LogP contribution in [-0.4, -0.2) is 46.9 Å². The summed E-state index contributed by atoms with van der Waals surface area (Å²) in [6.45, 7) is 6.23. The summed E-state index contributed by atoms with van der Waals surface area (Å²) in [4.78, 5) is 26.1. The van der Waals surface area contributed by atoms with E-state index in [4.69, 9.17) is 4.74 Å². The highest BCUT2D eigenvalue weighted by atomic mass is 16.5. The second-order valence-electron chi connectivity index (χ2n) is 17.0. The van der Waals surface area contributed by atoms with Crippen LogP contribution in [0.1, 0.15) is 207 Å². The van der Waals surface area contributed by atoms with Crippen LogP contribution in [0.4, 0.5) is 0 Å². The zero-order valence-corrected chi connectivity index (χ0v) is 41.1. The quantitative estimate of drug-likeness (QED) is 0.0245. The van der Waals surface area contributed by atoms with Gasteiger partial charge in [-0.25, -0.2) is 0 Å². The molecule has 0 spiro atoms. The van der Waals surface area contributed by atoms with Gasteiger partial charge in [-0.1, -0.05) is 245 Å². The first kappa shape index (κ1) is 60.3. The van der Waals surface area contributed by atoms with E-state index < -0.39 is 18.2 Å². The van der Waals surface area contributed by atoms with Gasteiger partial charge in [-0.05, 0) is 64.2 Å². The third-order valence-electron chi connectivity index (χ3n) is 10.9. The Morgan fingerprint density at radius 3 is 1.47 bits per heavy atom. The number of allylic oxidation sites excluding steroid dienone is 19. The highest BCUT2D eigenvalue weighted by Gasteiger charge is 2.23. The fourth-order valence-electron chi connectivity index (χ4n) is 7.01. The summed E-state index contributed by atoms with van der Waals surface area (Å²) in [5, 5.41) is 23.7. The number of ether oxygens (including phenoxy) is 1. The summed E-state index contributed by atoms with van der Waals surface area (Å²) in [7, 11) is 0. The number of rotatable bonds is 44. The van der Waals surface area contributed by atoms with Crippen LogP contribution in [-0.2, 0) is 14.3 Å². The number of aliphatic hydroxyl groups is 2. The lowest BCUT2D eigenvalue weighted by Crippen LogP contribution is -2.46. The van der Waals surface area contributed by atoms with Gasteiger partial charge in [0.05, 0.1) is 25.2 Å². The van der Waals surface area contributed by atoms with Gasteiger partial charge in [-0.3, -0.25) is 9.59 Å². The van der Waals surface area contributed by atoms with Gasteiger partial charge in [0.15, 0.2) is 0 Å². The number of aliphatic hydroxyl groups excluding tert-OH is 2. The molecule has 0 heterocycles. The fourth-order valence-corrected chi connectivity index (χ4v) is 7.01. The Bertz CT molecular complexity index is 1360. The molecule has 0 aliphatic carbocycles. The summed E-state index contributed by atoms with van der Waals surface area (Å²) in [6, 6.07) is -0.746. The number of carbonyl (C=O) groups is 2. The number of hydrogen-bond donors (Lipinski definition) is 3. The summed E-state index contributed by atoms with van der Waals surface area (Å²) in [6.07, 6.45) is 69.8. The summed E-state index contributed by atoms with van der Waals surface area (Å²) < 4.78 is 5.86. The van der Waals surface area contributed by atoms with E-state index in [9.17, 15) is 19.8 Å². The monoisotopic (exact) mass is 886 g/mol. The molecule has 0 aliphatic heterocycles. The summed E-state index contributed by atoms with van der Waals surface area (Å²) >= 11 is 0. The number of esters is 1. The predicted molar refractivity (Wildman–Crippen MR) is 277 cm³/mol. The van der Waals surface area contributed by atoms with Crippen molar-refractivity contribution in [2.24, 2.45) is 0 Å². The van der Waals surface area contributed by atoms with Crippen LogP contribution in [0.25, 0.3) is 0 Å². The molecular formula is C58H95NO5. The molecule has 0 aliphatic rings. The molecule has 0 fully saturated rings. The Kier molecular flexibility index (Phi) is 47.3. The molecule has 0 bridgehead atoms. The van der Waals surface area contributed by atoms with Crippen molar-refractivity contribution in [3.05, 3.63) is 122 Å². The third kappa shape index (κ3) is 44.9. The van der Waals surface area contributed by atoms with Gasteiger partial charge >= 0.3 is 5.97 Å². The number of carbonyl (C=O) groups excluding carboxylic acids is 2. The van der Waals surface area contributed by atoms with Gasteiger partial charge < -0.3 is 20.3 Å². The SMILES string of the molecule is CC/C=C\C/C=C\C/C=C\C/C=C\C/C=C\CC(CC(=O)NC(CO)C(O)CCCCCCCCCCCCCC)OC(=O)CCCCCCC/C=C/C=C/C=C/C=C/C=C/CCC. The molecule has 3 unspecified atom stereocenters. The van der Waals surface area contributed by atoms with Crippen molar-refractivity contribution in [1.82, 2.24) is 5.32 Å². The van der Waals surface area contributed by atoms with E-state index in [0.717, 1.165) is 96.3 Å². The van der Waals surface area contributed by atoms with Gasteiger partial charge in [-0.15, -0.1) is 0 Å². The Morgan fingerprint density at radius 1 is 0.500 bits per heavy atom. The van der Waals surface area contributed by atoms with Crippen molar-refractivity contribution in [2.75, 3.05) is 6.61 Å². The van der Waals surface area contributed by atoms with E-state index in [-0.39, 0.29) is 24.9 Å². The molecule has 0 aromatic rings. The van der Waals surface area contributed by atoms with Crippen molar-refractivity contribution in [3.63, 3.8) is 0 Å². The van der Waals surface area contributed by atoms with Gasteiger partial charge in [-0.2, -0.15) is 0 Å². The van der Waals surface area contributed by atoms with E-state index >= 15 is 0 Å². The Labute approximate surface area is 393 Å². The van der Waals surface area contributed by atoms with Crippen LogP contribution < -0.4 is 5.32 Å². The second-order valence-corrected chi connectivity index (χ2v) is 17.0. The largest absolute Gasteiger partial charge is 0.461 e. The molecule has 3 N–H and O–H groups in total. The smallest absolute Gasteiger partial charge is 0.306 e. The zero-order chi connectivity index (χ0) is 46.7. The number of nitrogens with one attached hydrogen (secondary N) is 1. The molecule has 0 radical (unpaired) electrons. The van der Waals surface area contributed by atoms with E-state index in [2.05, 4.69) is 111 Å². The summed E-state index contributed by atoms with van der Waals surface area (Å²) in [5.41, 5.74) is 0. The second kappa shape index (κ2) is 50.3. The van der Waals surface area contributed by atoms with Crippen LogP contribution >= 0.6 is 0 Å². The topological polar surface area (TPSA) is 95.9 Å². The normalized spacial score (nSPS) is 14.3. The molecule has 0 aromatic carbocycles. The highest BCUT2D eigenvalue weighted by Crippen LogP contribution is 2.16. The maximum atomic E-state index is 13.2. The van der Waals surface area contributed by atoms with E-state index in [0.29, 0.717) is 19.3 Å². The maximum absolute atomic E-state index is 13.2. The lowest BCUT2D eigenvalue weighted by molar-refractivity contribution is -0.150. The number of unbranched alkanes of at least 4 members (excludes halogenated alkanes) is 17. The lowest BCUT2D eigenvalue weighted by Gasteiger charge is -2.24. The molecule has 3 atom stereocenters. The molecule has 0 rings (SSSR count). The molecule has 64 heavy (non-hydrogen) atoms. The minimum Gasteiger partial charge on any atom is -0.461 e. The Hall–Kier alpha value is -3.74. The number of hydrogen-bond acceptors (Lipinski definition) is 5. The molecule has 1 amide bonds. The summed E-state index contributed by atoms with van der Waals surface area (Å²) in [5.74, 6) is -0.620. The minimum absolute atomic E-state index is 0.0192. The molecule has 362 valence electrons. The van der Waals surface area contributed by atoms with Crippen molar-refractivity contribution in [1.29, 1.82) is 0 Å². The molecule has 0 saturated carbocycles. The van der Waals surface area contributed by atoms with Crippen LogP contribution in [0.3, 0.4) is 0 Å². The Balaban J connectivity index is 4.80. The lowest BCUT2D eigenvalue weighted by atomic mass is 10.0. The van der Waals surface area contributed by atoms with E-state index in [1.165, 1.54) is 64.2 Å². The molecular weight excluding hydrogens is 791 g/mol. The third-order valence-corrected chi connectivity index (χ3v) is 10.9. The van der Waals surface area contributed by atoms with Crippen molar-refractivity contribution < 1.29 is 24.5 Å².